The van der Waals surface area contributed by atoms with Crippen molar-refractivity contribution < 1.29 is 4.42 Å². The van der Waals surface area contributed by atoms with Gasteiger partial charge in [0, 0.05) is 38.9 Å². The quantitative estimate of drug-likeness (QED) is 0.181. The lowest BCUT2D eigenvalue weighted by atomic mass is 9.96. The van der Waals surface area contributed by atoms with Crippen LogP contribution in [0.3, 0.4) is 0 Å². The van der Waals surface area contributed by atoms with Crippen LogP contribution in [-0.2, 0) is 0 Å². The lowest BCUT2D eigenvalue weighted by Gasteiger charge is -2.13. The maximum Gasteiger partial charge on any atom is 0.138 e. The van der Waals surface area contributed by atoms with Gasteiger partial charge in [0.1, 0.15) is 16.8 Å². The Hall–Kier alpha value is -6.85. The molecule has 5 nitrogen and oxygen atoms in total. The molecule has 5 heteroatoms. The van der Waals surface area contributed by atoms with Gasteiger partial charge in [-0.25, -0.2) is 15.0 Å². The van der Waals surface area contributed by atoms with E-state index in [2.05, 4.69) is 120 Å². The molecule has 4 aromatic heterocycles. The van der Waals surface area contributed by atoms with Crippen LogP contribution in [0.1, 0.15) is 0 Å². The van der Waals surface area contributed by atoms with E-state index in [1.165, 1.54) is 0 Å². The average molecular weight is 639 g/mol. The predicted octanol–water partition coefficient (Wildman–Crippen LogP) is 11.6. The number of benzene rings is 7. The number of hydrogen-bond donors (Lipinski definition) is 0. The fraction of sp³-hybridized carbons (Fsp3) is 0. The van der Waals surface area contributed by atoms with Crippen LogP contribution in [0, 0.1) is 0 Å². The van der Waals surface area contributed by atoms with Crippen molar-refractivity contribution in [3.05, 3.63) is 158 Å². The van der Waals surface area contributed by atoms with Gasteiger partial charge in [0.15, 0.2) is 0 Å². The number of rotatable bonds is 3. The molecule has 0 spiro atoms. The summed E-state index contributed by atoms with van der Waals surface area (Å²) in [5.74, 6) is 0. The first-order valence-electron chi connectivity index (χ1n) is 16.8. The monoisotopic (exact) mass is 638 g/mol. The van der Waals surface area contributed by atoms with E-state index < -0.39 is 0 Å². The van der Waals surface area contributed by atoms with Gasteiger partial charge in [-0.1, -0.05) is 103 Å². The Morgan fingerprint density at radius 3 is 1.88 bits per heavy atom. The highest BCUT2D eigenvalue weighted by atomic mass is 16.3. The number of fused-ring (bicyclic) bond motifs is 12. The Morgan fingerprint density at radius 1 is 0.400 bits per heavy atom. The number of imidazole rings is 1. The molecule has 0 fully saturated rings. The van der Waals surface area contributed by atoms with Gasteiger partial charge in [-0.15, -0.1) is 0 Å². The van der Waals surface area contributed by atoms with Crippen LogP contribution in [-0.4, -0.2) is 19.4 Å². The summed E-state index contributed by atoms with van der Waals surface area (Å²) in [6.45, 7) is 0. The minimum atomic E-state index is 0.867. The van der Waals surface area contributed by atoms with Crippen molar-refractivity contribution in [3.63, 3.8) is 0 Å². The van der Waals surface area contributed by atoms with Crippen molar-refractivity contribution in [2.45, 2.75) is 0 Å². The smallest absolute Gasteiger partial charge is 0.138 e. The first-order valence-corrected chi connectivity index (χ1v) is 16.8. The van der Waals surface area contributed by atoms with Crippen LogP contribution in [0.4, 0.5) is 0 Å². The molecule has 0 radical (unpaired) electrons. The Morgan fingerprint density at radius 2 is 1.04 bits per heavy atom. The van der Waals surface area contributed by atoms with E-state index in [4.69, 9.17) is 19.4 Å². The van der Waals surface area contributed by atoms with E-state index in [1.807, 2.05) is 42.5 Å². The summed E-state index contributed by atoms with van der Waals surface area (Å²) < 4.78 is 8.32. The van der Waals surface area contributed by atoms with Crippen molar-refractivity contribution >= 4 is 71.2 Å². The molecule has 4 heterocycles. The number of nitrogens with zero attached hydrogens (tertiary/aromatic N) is 4. The van der Waals surface area contributed by atoms with Gasteiger partial charge in [-0.05, 0) is 70.4 Å². The molecular weight excluding hydrogens is 613 g/mol. The topological polar surface area (TPSA) is 56.2 Å². The van der Waals surface area contributed by atoms with Crippen LogP contribution < -0.4 is 0 Å². The molecule has 0 atom stereocenters. The average Bonchev–Trinajstić information content (AvgIpc) is 3.76. The second-order valence-corrected chi connectivity index (χ2v) is 12.8. The van der Waals surface area contributed by atoms with Crippen molar-refractivity contribution in [1.29, 1.82) is 0 Å². The maximum absolute atomic E-state index is 6.10. The number of para-hydroxylation sites is 3. The van der Waals surface area contributed by atoms with Gasteiger partial charge in [0.2, 0.25) is 0 Å². The Bertz CT molecular complexity index is 3160. The molecule has 7 aromatic carbocycles. The molecular formula is C45H26N4O. The summed E-state index contributed by atoms with van der Waals surface area (Å²) >= 11 is 0. The lowest BCUT2D eigenvalue weighted by molar-refractivity contribution is 0.669. The summed E-state index contributed by atoms with van der Waals surface area (Å²) in [6, 6.07) is 52.7. The summed E-state index contributed by atoms with van der Waals surface area (Å²) in [6.07, 6.45) is 2.15. The SMILES string of the molecule is c1ccc(-c2nc3ccccc3nc2-c2ccc3c(c2)c2ccccc2c2nc4cc(-c5ccc6oc7ccccc7c6c5)ccn4c32)cc1. The third-order valence-electron chi connectivity index (χ3n) is 9.97. The molecule has 0 amide bonds. The van der Waals surface area contributed by atoms with Crippen LogP contribution in [0.25, 0.3) is 105 Å². The molecule has 232 valence electrons. The van der Waals surface area contributed by atoms with Gasteiger partial charge < -0.3 is 4.42 Å². The fourth-order valence-corrected chi connectivity index (χ4v) is 7.62. The highest BCUT2D eigenvalue weighted by Gasteiger charge is 2.19. The van der Waals surface area contributed by atoms with E-state index in [0.29, 0.717) is 0 Å². The van der Waals surface area contributed by atoms with Crippen molar-refractivity contribution in [3.8, 4) is 33.6 Å². The van der Waals surface area contributed by atoms with E-state index in [1.54, 1.807) is 0 Å². The maximum atomic E-state index is 6.10. The first kappa shape index (κ1) is 27.1. The molecule has 0 aliphatic carbocycles. The molecule has 0 unspecified atom stereocenters. The Labute approximate surface area is 285 Å². The zero-order valence-corrected chi connectivity index (χ0v) is 26.7. The van der Waals surface area contributed by atoms with Crippen LogP contribution in [0.15, 0.2) is 162 Å². The number of pyridine rings is 1. The molecule has 0 aliphatic rings. The van der Waals surface area contributed by atoms with Crippen molar-refractivity contribution in [2.75, 3.05) is 0 Å². The number of aromatic nitrogens is 4. The van der Waals surface area contributed by atoms with E-state index >= 15 is 0 Å². The summed E-state index contributed by atoms with van der Waals surface area (Å²) in [5, 5.41) is 6.82. The zero-order valence-electron chi connectivity index (χ0n) is 26.7. The minimum absolute atomic E-state index is 0.867. The molecule has 0 aliphatic heterocycles. The summed E-state index contributed by atoms with van der Waals surface area (Å²) in [4.78, 5) is 15.6. The largest absolute Gasteiger partial charge is 0.456 e. The van der Waals surface area contributed by atoms with E-state index in [-0.39, 0.29) is 0 Å². The first-order chi connectivity index (χ1) is 24.8. The fourth-order valence-electron chi connectivity index (χ4n) is 7.62. The molecule has 50 heavy (non-hydrogen) atoms. The van der Waals surface area contributed by atoms with Gasteiger partial charge in [-0.3, -0.25) is 4.40 Å². The van der Waals surface area contributed by atoms with Crippen LogP contribution >= 0.6 is 0 Å². The van der Waals surface area contributed by atoms with Gasteiger partial charge >= 0.3 is 0 Å². The van der Waals surface area contributed by atoms with Crippen LogP contribution in [0.2, 0.25) is 0 Å². The zero-order chi connectivity index (χ0) is 32.8. The highest BCUT2D eigenvalue weighted by molar-refractivity contribution is 6.24. The molecule has 0 N–H and O–H groups in total. The Kier molecular flexibility index (Phi) is 5.60. The van der Waals surface area contributed by atoms with Gasteiger partial charge in [-0.2, -0.15) is 0 Å². The molecule has 0 saturated heterocycles. The standard InChI is InChI=1S/C45H26N4O/c1-2-10-27(11-3-1)42-43(47-38-16-8-7-15-37(38)46-42)30-18-20-34-35(25-30)31-12-4-5-14-33(31)44-45(34)49-23-22-29(26-41(49)48-44)28-19-21-40-36(24-28)32-13-6-9-17-39(32)50-40/h1-26H. The second-order valence-electron chi connectivity index (χ2n) is 12.8. The predicted molar refractivity (Wildman–Crippen MR) is 204 cm³/mol. The molecule has 0 saturated carbocycles. The molecule has 11 rings (SSSR count). The number of furan rings is 1. The van der Waals surface area contributed by atoms with Gasteiger partial charge in [0.25, 0.3) is 0 Å². The normalized spacial score (nSPS) is 12.0. The lowest BCUT2D eigenvalue weighted by Crippen LogP contribution is -1.96. The van der Waals surface area contributed by atoms with Crippen LogP contribution in [0.5, 0.6) is 0 Å². The number of hydrogen-bond acceptors (Lipinski definition) is 4. The van der Waals surface area contributed by atoms with E-state index in [0.717, 1.165) is 105 Å². The minimum Gasteiger partial charge on any atom is -0.456 e. The van der Waals surface area contributed by atoms with E-state index in [9.17, 15) is 0 Å². The summed E-state index contributed by atoms with van der Waals surface area (Å²) in [5.41, 5.74) is 12.6. The Balaban J connectivity index is 1.14. The second kappa shape index (κ2) is 10.3. The molecule has 0 bridgehead atoms. The van der Waals surface area contributed by atoms with Crippen molar-refractivity contribution in [1.82, 2.24) is 19.4 Å². The summed E-state index contributed by atoms with van der Waals surface area (Å²) in [7, 11) is 0. The third kappa shape index (κ3) is 3.98. The van der Waals surface area contributed by atoms with Gasteiger partial charge in [0.05, 0.1) is 33.5 Å². The molecule has 11 aromatic rings. The third-order valence-corrected chi connectivity index (χ3v) is 9.97. The van der Waals surface area contributed by atoms with Crippen molar-refractivity contribution in [2.24, 2.45) is 0 Å². The highest BCUT2D eigenvalue weighted by Crippen LogP contribution is 2.40.